The van der Waals surface area contributed by atoms with Crippen molar-refractivity contribution >= 4 is 5.69 Å². The lowest BCUT2D eigenvalue weighted by atomic mass is 10.0. The standard InChI is InChI=1S/C19H25NO/c1-3-4-6-16-9-11-18(12-10-16)15(2)20-19-8-5-7-17(13-19)14-21/h5,7-13,15,20-21H,3-4,6,14H2,1-2H3. The number of anilines is 1. The van der Waals surface area contributed by atoms with E-state index in [4.69, 9.17) is 0 Å². The van der Waals surface area contributed by atoms with Crippen LogP contribution in [-0.4, -0.2) is 5.11 Å². The van der Waals surface area contributed by atoms with Gasteiger partial charge in [0, 0.05) is 11.7 Å². The minimum Gasteiger partial charge on any atom is -0.392 e. The van der Waals surface area contributed by atoms with E-state index in [1.165, 1.54) is 24.0 Å². The number of benzene rings is 2. The van der Waals surface area contributed by atoms with E-state index < -0.39 is 0 Å². The maximum Gasteiger partial charge on any atom is 0.0682 e. The number of aryl methyl sites for hydroxylation is 1. The van der Waals surface area contributed by atoms with E-state index in [-0.39, 0.29) is 12.6 Å². The van der Waals surface area contributed by atoms with Gasteiger partial charge >= 0.3 is 0 Å². The first-order chi connectivity index (χ1) is 10.2. The fourth-order valence-electron chi connectivity index (χ4n) is 2.45. The van der Waals surface area contributed by atoms with Crippen molar-refractivity contribution in [2.24, 2.45) is 0 Å². The molecule has 0 aliphatic carbocycles. The lowest BCUT2D eigenvalue weighted by Gasteiger charge is -2.16. The third-order valence-corrected chi connectivity index (χ3v) is 3.79. The van der Waals surface area contributed by atoms with Crippen molar-refractivity contribution < 1.29 is 5.11 Å². The molecule has 21 heavy (non-hydrogen) atoms. The van der Waals surface area contributed by atoms with Crippen molar-refractivity contribution in [1.82, 2.24) is 0 Å². The summed E-state index contributed by atoms with van der Waals surface area (Å²) in [6, 6.07) is 17.0. The highest BCUT2D eigenvalue weighted by molar-refractivity contribution is 5.47. The molecular formula is C19H25NO. The van der Waals surface area contributed by atoms with Gasteiger partial charge in [0.25, 0.3) is 0 Å². The Morgan fingerprint density at radius 3 is 2.48 bits per heavy atom. The van der Waals surface area contributed by atoms with Crippen LogP contribution in [0.2, 0.25) is 0 Å². The average molecular weight is 283 g/mol. The summed E-state index contributed by atoms with van der Waals surface area (Å²) < 4.78 is 0. The lowest BCUT2D eigenvalue weighted by molar-refractivity contribution is 0.282. The van der Waals surface area contributed by atoms with Crippen molar-refractivity contribution in [1.29, 1.82) is 0 Å². The van der Waals surface area contributed by atoms with Gasteiger partial charge in [-0.25, -0.2) is 0 Å². The summed E-state index contributed by atoms with van der Waals surface area (Å²) in [6.45, 7) is 4.46. The van der Waals surface area contributed by atoms with Crippen LogP contribution in [0.15, 0.2) is 48.5 Å². The van der Waals surface area contributed by atoms with Crippen LogP contribution in [0, 0.1) is 0 Å². The largest absolute Gasteiger partial charge is 0.392 e. The molecule has 2 heteroatoms. The van der Waals surface area contributed by atoms with E-state index in [9.17, 15) is 5.11 Å². The minimum atomic E-state index is 0.0794. The summed E-state index contributed by atoms with van der Waals surface area (Å²) in [5, 5.41) is 12.7. The van der Waals surface area contributed by atoms with Crippen LogP contribution in [0.3, 0.4) is 0 Å². The molecule has 0 aromatic heterocycles. The summed E-state index contributed by atoms with van der Waals surface area (Å²) in [6.07, 6.45) is 3.65. The molecule has 0 spiro atoms. The highest BCUT2D eigenvalue weighted by Gasteiger charge is 2.05. The van der Waals surface area contributed by atoms with E-state index in [1.807, 2.05) is 24.3 Å². The van der Waals surface area contributed by atoms with Gasteiger partial charge in [0.2, 0.25) is 0 Å². The van der Waals surface area contributed by atoms with Crippen molar-refractivity contribution in [2.75, 3.05) is 5.32 Å². The Morgan fingerprint density at radius 1 is 1.05 bits per heavy atom. The van der Waals surface area contributed by atoms with E-state index >= 15 is 0 Å². The smallest absolute Gasteiger partial charge is 0.0682 e. The molecule has 0 saturated carbocycles. The highest BCUT2D eigenvalue weighted by Crippen LogP contribution is 2.21. The number of aliphatic hydroxyl groups is 1. The lowest BCUT2D eigenvalue weighted by Crippen LogP contribution is -2.06. The van der Waals surface area contributed by atoms with Crippen molar-refractivity contribution in [2.45, 2.75) is 45.8 Å². The predicted molar refractivity (Wildman–Crippen MR) is 89.5 cm³/mol. The van der Waals surface area contributed by atoms with E-state index in [1.54, 1.807) is 0 Å². The van der Waals surface area contributed by atoms with Gasteiger partial charge in [-0.1, -0.05) is 49.7 Å². The van der Waals surface area contributed by atoms with Crippen LogP contribution in [0.5, 0.6) is 0 Å². The number of nitrogens with one attached hydrogen (secondary N) is 1. The quantitative estimate of drug-likeness (QED) is 0.772. The van der Waals surface area contributed by atoms with Gasteiger partial charge in [-0.3, -0.25) is 0 Å². The minimum absolute atomic E-state index is 0.0794. The molecule has 0 fully saturated rings. The molecule has 0 saturated heterocycles. The fourth-order valence-corrected chi connectivity index (χ4v) is 2.45. The molecule has 0 bridgehead atoms. The Morgan fingerprint density at radius 2 is 1.81 bits per heavy atom. The van der Waals surface area contributed by atoms with Crippen LogP contribution in [0.25, 0.3) is 0 Å². The normalized spacial score (nSPS) is 12.1. The van der Waals surface area contributed by atoms with E-state index in [0.717, 1.165) is 17.7 Å². The number of hydrogen-bond acceptors (Lipinski definition) is 2. The molecule has 1 atom stereocenters. The zero-order chi connectivity index (χ0) is 15.1. The monoisotopic (exact) mass is 283 g/mol. The van der Waals surface area contributed by atoms with Crippen molar-refractivity contribution in [3.05, 3.63) is 65.2 Å². The molecule has 0 heterocycles. The van der Waals surface area contributed by atoms with Crippen LogP contribution in [-0.2, 0) is 13.0 Å². The Labute approximate surface area is 127 Å². The second-order valence-corrected chi connectivity index (χ2v) is 5.57. The number of hydrogen-bond donors (Lipinski definition) is 2. The highest BCUT2D eigenvalue weighted by atomic mass is 16.3. The fraction of sp³-hybridized carbons (Fsp3) is 0.368. The molecule has 2 aromatic carbocycles. The van der Waals surface area contributed by atoms with Gasteiger partial charge in [-0.2, -0.15) is 0 Å². The average Bonchev–Trinajstić information content (AvgIpc) is 2.53. The predicted octanol–water partition coefficient (Wildman–Crippen LogP) is 4.69. The summed E-state index contributed by atoms with van der Waals surface area (Å²) in [5.41, 5.74) is 4.67. The third-order valence-electron chi connectivity index (χ3n) is 3.79. The molecule has 0 aliphatic heterocycles. The molecule has 2 aromatic rings. The van der Waals surface area contributed by atoms with Crippen LogP contribution >= 0.6 is 0 Å². The van der Waals surface area contributed by atoms with Gasteiger partial charge in [0.15, 0.2) is 0 Å². The van der Waals surface area contributed by atoms with Gasteiger partial charge in [0.05, 0.1) is 6.61 Å². The molecular weight excluding hydrogens is 258 g/mol. The van der Waals surface area contributed by atoms with Crippen LogP contribution < -0.4 is 5.32 Å². The molecule has 0 aliphatic rings. The molecule has 2 N–H and O–H groups in total. The number of unbranched alkanes of at least 4 members (excludes halogenated alkanes) is 1. The van der Waals surface area contributed by atoms with Crippen LogP contribution in [0.1, 0.15) is 49.4 Å². The Kier molecular flexibility index (Phi) is 5.82. The van der Waals surface area contributed by atoms with Gasteiger partial charge < -0.3 is 10.4 Å². The second kappa shape index (κ2) is 7.84. The van der Waals surface area contributed by atoms with Crippen molar-refractivity contribution in [3.8, 4) is 0 Å². The first-order valence-electron chi connectivity index (χ1n) is 7.78. The first-order valence-corrected chi connectivity index (χ1v) is 7.78. The maximum atomic E-state index is 9.19. The van der Waals surface area contributed by atoms with E-state index in [0.29, 0.717) is 0 Å². The summed E-state index contributed by atoms with van der Waals surface area (Å²) in [4.78, 5) is 0. The molecule has 0 radical (unpaired) electrons. The molecule has 0 amide bonds. The third kappa shape index (κ3) is 4.61. The first kappa shape index (κ1) is 15.6. The number of aliphatic hydroxyl groups excluding tert-OH is 1. The van der Waals surface area contributed by atoms with Gasteiger partial charge in [-0.15, -0.1) is 0 Å². The maximum absolute atomic E-state index is 9.19. The van der Waals surface area contributed by atoms with Crippen molar-refractivity contribution in [3.63, 3.8) is 0 Å². The van der Waals surface area contributed by atoms with Gasteiger partial charge in [0.1, 0.15) is 0 Å². The second-order valence-electron chi connectivity index (χ2n) is 5.57. The SMILES string of the molecule is CCCCc1ccc(C(C)Nc2cccc(CO)c2)cc1. The van der Waals surface area contributed by atoms with E-state index in [2.05, 4.69) is 43.4 Å². The summed E-state index contributed by atoms with van der Waals surface area (Å²) >= 11 is 0. The molecule has 1 unspecified atom stereocenters. The summed E-state index contributed by atoms with van der Waals surface area (Å²) in [5.74, 6) is 0. The summed E-state index contributed by atoms with van der Waals surface area (Å²) in [7, 11) is 0. The number of rotatable bonds is 7. The molecule has 2 rings (SSSR count). The van der Waals surface area contributed by atoms with Gasteiger partial charge in [-0.05, 0) is 48.6 Å². The molecule has 112 valence electrons. The Balaban J connectivity index is 2.00. The zero-order valence-electron chi connectivity index (χ0n) is 13.0. The zero-order valence-corrected chi connectivity index (χ0v) is 13.0. The van der Waals surface area contributed by atoms with Crippen LogP contribution in [0.4, 0.5) is 5.69 Å². The molecule has 2 nitrogen and oxygen atoms in total. The Hall–Kier alpha value is -1.80. The Bertz CT molecular complexity index is 548. The topological polar surface area (TPSA) is 32.3 Å².